The van der Waals surface area contributed by atoms with Gasteiger partial charge in [0.15, 0.2) is 0 Å². The summed E-state index contributed by atoms with van der Waals surface area (Å²) in [6.45, 7) is 1.84. The first-order valence-electron chi connectivity index (χ1n) is 7.07. The van der Waals surface area contributed by atoms with Crippen molar-refractivity contribution in [2.24, 2.45) is 0 Å². The van der Waals surface area contributed by atoms with E-state index in [0.29, 0.717) is 10.8 Å². The van der Waals surface area contributed by atoms with Gasteiger partial charge in [0, 0.05) is 11.6 Å². The molecule has 0 fully saturated rings. The fourth-order valence-corrected chi connectivity index (χ4v) is 2.96. The molecule has 1 atom stereocenters. The fraction of sp³-hybridized carbons (Fsp3) is 0.118. The molecule has 0 bridgehead atoms. The summed E-state index contributed by atoms with van der Waals surface area (Å²) in [5.41, 5.74) is 0.921. The fourth-order valence-electron chi connectivity index (χ4n) is 2.03. The third-order valence-electron chi connectivity index (χ3n) is 3.22. The Morgan fingerprint density at radius 3 is 2.78 bits per heavy atom. The van der Waals surface area contributed by atoms with E-state index >= 15 is 0 Å². The maximum atomic E-state index is 12.2. The lowest BCUT2D eigenvalue weighted by molar-refractivity contribution is -0.115. The van der Waals surface area contributed by atoms with Crippen molar-refractivity contribution < 1.29 is 4.79 Å². The van der Waals surface area contributed by atoms with Gasteiger partial charge < -0.3 is 5.32 Å². The lowest BCUT2D eigenvalue weighted by atomic mass is 10.2. The third-order valence-corrected chi connectivity index (χ3v) is 4.48. The van der Waals surface area contributed by atoms with Crippen LogP contribution in [0.1, 0.15) is 6.92 Å². The first kappa shape index (κ1) is 15.8. The van der Waals surface area contributed by atoms with Crippen LogP contribution in [0, 0.1) is 0 Å². The van der Waals surface area contributed by atoms with Crippen LogP contribution in [0.5, 0.6) is 0 Å². The molecule has 1 N–H and O–H groups in total. The highest BCUT2D eigenvalue weighted by Gasteiger charge is 2.16. The smallest absolute Gasteiger partial charge is 0.238 e. The Morgan fingerprint density at radius 1 is 1.17 bits per heavy atom. The molecule has 0 aliphatic rings. The van der Waals surface area contributed by atoms with E-state index in [0.717, 1.165) is 15.9 Å². The number of nitrogens with one attached hydrogen (secondary N) is 1. The molecule has 2 heterocycles. The minimum atomic E-state index is -0.291. The predicted octanol–water partition coefficient (Wildman–Crippen LogP) is 4.40. The number of carbonyl (C=O) groups excluding carboxylic acids is 1. The number of carbonyl (C=O) groups is 1. The monoisotopic (exact) mass is 343 g/mol. The van der Waals surface area contributed by atoms with Gasteiger partial charge in [0.1, 0.15) is 5.82 Å². The number of hydrogen-bond acceptors (Lipinski definition) is 4. The van der Waals surface area contributed by atoms with Crippen molar-refractivity contribution in [3.8, 4) is 0 Å². The van der Waals surface area contributed by atoms with Crippen LogP contribution in [0.3, 0.4) is 0 Å². The second-order valence-electron chi connectivity index (χ2n) is 4.95. The van der Waals surface area contributed by atoms with Crippen LogP contribution in [0.2, 0.25) is 5.02 Å². The molecular weight excluding hydrogens is 330 g/mol. The molecule has 4 nitrogen and oxygen atoms in total. The molecule has 0 aliphatic carbocycles. The molecule has 23 heavy (non-hydrogen) atoms. The first-order valence-corrected chi connectivity index (χ1v) is 8.32. The van der Waals surface area contributed by atoms with Crippen molar-refractivity contribution in [1.29, 1.82) is 0 Å². The van der Waals surface area contributed by atoms with E-state index in [4.69, 9.17) is 11.6 Å². The van der Waals surface area contributed by atoms with Gasteiger partial charge >= 0.3 is 0 Å². The number of pyridine rings is 2. The van der Waals surface area contributed by atoms with Crippen LogP contribution in [-0.4, -0.2) is 21.1 Å². The quantitative estimate of drug-likeness (QED) is 0.713. The van der Waals surface area contributed by atoms with E-state index in [1.54, 1.807) is 12.1 Å². The number of anilines is 1. The lowest BCUT2D eigenvalue weighted by Gasteiger charge is -2.11. The van der Waals surface area contributed by atoms with Crippen molar-refractivity contribution in [3.05, 3.63) is 59.8 Å². The number of halogens is 1. The van der Waals surface area contributed by atoms with Crippen LogP contribution >= 0.6 is 23.4 Å². The van der Waals surface area contributed by atoms with Gasteiger partial charge in [-0.25, -0.2) is 9.97 Å². The largest absolute Gasteiger partial charge is 0.310 e. The second-order valence-corrected chi connectivity index (χ2v) is 6.75. The Kier molecular flexibility index (Phi) is 4.79. The van der Waals surface area contributed by atoms with E-state index in [2.05, 4.69) is 15.3 Å². The zero-order valence-electron chi connectivity index (χ0n) is 12.4. The summed E-state index contributed by atoms with van der Waals surface area (Å²) in [6.07, 6.45) is 1.50. The number of thioether (sulfide) groups is 1. The minimum absolute atomic E-state index is 0.125. The van der Waals surface area contributed by atoms with Gasteiger partial charge in [0.25, 0.3) is 0 Å². The average Bonchev–Trinajstić information content (AvgIpc) is 2.56. The molecule has 116 valence electrons. The number of amides is 1. The van der Waals surface area contributed by atoms with Gasteiger partial charge in [-0.1, -0.05) is 47.6 Å². The lowest BCUT2D eigenvalue weighted by Crippen LogP contribution is -2.23. The molecule has 6 heteroatoms. The summed E-state index contributed by atoms with van der Waals surface area (Å²) in [5, 5.41) is 4.91. The molecule has 0 unspecified atom stereocenters. The number of nitrogens with zero attached hydrogens (tertiary/aromatic N) is 2. The highest BCUT2D eigenvalue weighted by molar-refractivity contribution is 8.00. The van der Waals surface area contributed by atoms with Crippen LogP contribution < -0.4 is 5.32 Å². The predicted molar refractivity (Wildman–Crippen MR) is 94.9 cm³/mol. The zero-order chi connectivity index (χ0) is 16.2. The molecule has 0 spiro atoms. The molecule has 2 aromatic heterocycles. The molecule has 3 aromatic rings. The number of para-hydroxylation sites is 1. The van der Waals surface area contributed by atoms with Gasteiger partial charge in [-0.2, -0.15) is 0 Å². The number of fused-ring (bicyclic) bond motifs is 1. The molecule has 1 amide bonds. The van der Waals surface area contributed by atoms with Gasteiger partial charge in [-0.05, 0) is 31.2 Å². The Bertz CT molecular complexity index is 839. The Labute approximate surface area is 143 Å². The van der Waals surface area contributed by atoms with Crippen molar-refractivity contribution in [2.45, 2.75) is 17.2 Å². The summed E-state index contributed by atoms with van der Waals surface area (Å²) in [5.74, 6) is 0.359. The van der Waals surface area contributed by atoms with Gasteiger partial charge in [-0.15, -0.1) is 0 Å². The summed E-state index contributed by atoms with van der Waals surface area (Å²) in [7, 11) is 0. The van der Waals surface area contributed by atoms with Crippen LogP contribution in [0.15, 0.2) is 59.8 Å². The van der Waals surface area contributed by atoms with Gasteiger partial charge in [0.2, 0.25) is 5.91 Å². The van der Waals surface area contributed by atoms with E-state index in [1.165, 1.54) is 18.0 Å². The van der Waals surface area contributed by atoms with Crippen molar-refractivity contribution >= 4 is 46.0 Å². The zero-order valence-corrected chi connectivity index (χ0v) is 13.9. The number of aromatic nitrogens is 2. The normalized spacial score (nSPS) is 12.1. The Morgan fingerprint density at radius 2 is 2.00 bits per heavy atom. The molecule has 0 saturated heterocycles. The third kappa shape index (κ3) is 4.00. The molecule has 0 saturated carbocycles. The van der Waals surface area contributed by atoms with Crippen molar-refractivity contribution in [1.82, 2.24) is 9.97 Å². The standard InChI is InChI=1S/C17H14ClN3OS/c1-11(17(22)21-15-8-7-13(18)10-19-15)23-16-9-6-12-4-2-3-5-14(12)20-16/h2-11H,1H3,(H,19,21,22)/t11-/m1/s1. The van der Waals surface area contributed by atoms with Gasteiger partial charge in [0.05, 0.1) is 20.8 Å². The van der Waals surface area contributed by atoms with E-state index < -0.39 is 0 Å². The first-order chi connectivity index (χ1) is 11.1. The Hall–Kier alpha value is -2.11. The number of benzene rings is 1. The topological polar surface area (TPSA) is 54.9 Å². The van der Waals surface area contributed by atoms with Crippen LogP contribution in [0.4, 0.5) is 5.82 Å². The summed E-state index contributed by atoms with van der Waals surface area (Å²) < 4.78 is 0. The molecule has 0 radical (unpaired) electrons. The van der Waals surface area contributed by atoms with E-state index in [-0.39, 0.29) is 11.2 Å². The molecule has 0 aliphatic heterocycles. The summed E-state index contributed by atoms with van der Waals surface area (Å²) in [4.78, 5) is 20.9. The average molecular weight is 344 g/mol. The maximum absolute atomic E-state index is 12.2. The van der Waals surface area contributed by atoms with Crippen molar-refractivity contribution in [3.63, 3.8) is 0 Å². The van der Waals surface area contributed by atoms with Gasteiger partial charge in [-0.3, -0.25) is 4.79 Å². The molecule has 3 rings (SSSR count). The number of rotatable bonds is 4. The molecule has 1 aromatic carbocycles. The number of hydrogen-bond donors (Lipinski definition) is 1. The SMILES string of the molecule is C[C@@H](Sc1ccc2ccccc2n1)C(=O)Nc1ccc(Cl)cn1. The van der Waals surface area contributed by atoms with E-state index in [1.807, 2.05) is 43.3 Å². The summed E-state index contributed by atoms with van der Waals surface area (Å²) in [6, 6.07) is 15.2. The van der Waals surface area contributed by atoms with Crippen LogP contribution in [-0.2, 0) is 4.79 Å². The highest BCUT2D eigenvalue weighted by Crippen LogP contribution is 2.24. The maximum Gasteiger partial charge on any atom is 0.238 e. The van der Waals surface area contributed by atoms with E-state index in [9.17, 15) is 4.79 Å². The minimum Gasteiger partial charge on any atom is -0.310 e. The van der Waals surface area contributed by atoms with Crippen molar-refractivity contribution in [2.75, 3.05) is 5.32 Å². The second kappa shape index (κ2) is 6.98. The summed E-state index contributed by atoms with van der Waals surface area (Å²) >= 11 is 7.19. The van der Waals surface area contributed by atoms with Crippen LogP contribution in [0.25, 0.3) is 10.9 Å². The highest BCUT2D eigenvalue weighted by atomic mass is 35.5. The Balaban J connectivity index is 1.68. The molecular formula is C17H14ClN3OS.